The first-order valence-corrected chi connectivity index (χ1v) is 5.07. The minimum Gasteiger partial charge on any atom is -0.292 e. The van der Waals surface area contributed by atoms with Gasteiger partial charge in [-0.1, -0.05) is 0 Å². The minimum atomic E-state index is 0.0658. The predicted octanol–water partition coefficient (Wildman–Crippen LogP) is 0.887. The van der Waals surface area contributed by atoms with Crippen LogP contribution in [0.25, 0.3) is 0 Å². The number of carbonyl (C=O) groups is 1. The molecule has 0 atom stereocenters. The molecule has 0 aliphatic heterocycles. The van der Waals surface area contributed by atoms with Crippen LogP contribution in [0.2, 0.25) is 0 Å². The second-order valence-corrected chi connectivity index (χ2v) is 3.92. The number of aromatic nitrogens is 4. The van der Waals surface area contributed by atoms with Gasteiger partial charge in [-0.2, -0.15) is 10.2 Å². The van der Waals surface area contributed by atoms with Crippen molar-refractivity contribution in [1.82, 2.24) is 19.6 Å². The van der Waals surface area contributed by atoms with Crippen molar-refractivity contribution in [3.8, 4) is 0 Å². The smallest absolute Gasteiger partial charge is 0.185 e. The van der Waals surface area contributed by atoms with Crippen molar-refractivity contribution < 1.29 is 4.79 Å². The molecule has 0 fully saturated rings. The van der Waals surface area contributed by atoms with Gasteiger partial charge in [0, 0.05) is 26.7 Å². The molecule has 0 aromatic carbocycles. The molecule has 2 heterocycles. The average Bonchev–Trinajstić information content (AvgIpc) is 2.73. The van der Waals surface area contributed by atoms with Crippen LogP contribution in [0.1, 0.15) is 21.7 Å². The molecular weight excluding hydrogens is 204 g/mol. The number of ketones is 1. The summed E-state index contributed by atoms with van der Waals surface area (Å²) in [5.74, 6) is 0.0658. The van der Waals surface area contributed by atoms with Gasteiger partial charge in [0.25, 0.3) is 0 Å². The molecule has 0 N–H and O–H groups in total. The predicted molar refractivity (Wildman–Crippen MR) is 59.2 cm³/mol. The number of rotatable bonds is 3. The van der Waals surface area contributed by atoms with E-state index in [9.17, 15) is 4.79 Å². The molecule has 16 heavy (non-hydrogen) atoms. The van der Waals surface area contributed by atoms with Crippen molar-refractivity contribution in [2.45, 2.75) is 13.3 Å². The topological polar surface area (TPSA) is 52.7 Å². The third-order valence-electron chi connectivity index (χ3n) is 2.41. The molecule has 2 rings (SSSR count). The summed E-state index contributed by atoms with van der Waals surface area (Å²) in [6.45, 7) is 1.88. The summed E-state index contributed by atoms with van der Waals surface area (Å²) in [5.41, 5.74) is 2.42. The van der Waals surface area contributed by atoms with Gasteiger partial charge in [-0.25, -0.2) is 0 Å². The van der Waals surface area contributed by atoms with Gasteiger partial charge in [0.15, 0.2) is 5.78 Å². The van der Waals surface area contributed by atoms with Crippen molar-refractivity contribution >= 4 is 5.78 Å². The van der Waals surface area contributed by atoms with Gasteiger partial charge in [0.2, 0.25) is 0 Å². The number of nitrogens with zero attached hydrogens (tertiary/aromatic N) is 4. The maximum atomic E-state index is 12.0. The normalized spacial score (nSPS) is 10.7. The first-order chi connectivity index (χ1) is 7.56. The van der Waals surface area contributed by atoms with Crippen molar-refractivity contribution in [2.75, 3.05) is 0 Å². The number of aryl methyl sites for hydroxylation is 3. The maximum Gasteiger partial charge on any atom is 0.185 e. The Morgan fingerprint density at radius 1 is 1.44 bits per heavy atom. The second-order valence-electron chi connectivity index (χ2n) is 3.92. The van der Waals surface area contributed by atoms with Crippen molar-refractivity contribution in [3.05, 3.63) is 35.4 Å². The van der Waals surface area contributed by atoms with Gasteiger partial charge in [0.1, 0.15) is 5.69 Å². The second kappa shape index (κ2) is 3.92. The Balaban J connectivity index is 2.17. The quantitative estimate of drug-likeness (QED) is 0.719. The highest BCUT2D eigenvalue weighted by Gasteiger charge is 2.13. The van der Waals surface area contributed by atoms with E-state index in [1.54, 1.807) is 28.7 Å². The molecule has 0 spiro atoms. The minimum absolute atomic E-state index is 0.0658. The standard InChI is InChI=1S/C11H14N4O/c1-8-4-10(15(3)13-8)11(16)5-9-6-12-14(2)7-9/h4,6-7H,5H2,1-3H3. The van der Waals surface area contributed by atoms with Crippen LogP contribution < -0.4 is 0 Å². The van der Waals surface area contributed by atoms with Crippen LogP contribution in [0.4, 0.5) is 0 Å². The lowest BCUT2D eigenvalue weighted by atomic mass is 10.1. The van der Waals surface area contributed by atoms with E-state index in [0.717, 1.165) is 11.3 Å². The van der Waals surface area contributed by atoms with Crippen LogP contribution in [-0.2, 0) is 20.5 Å². The molecule has 2 aromatic rings. The molecule has 5 nitrogen and oxygen atoms in total. The van der Waals surface area contributed by atoms with Crippen LogP contribution in [0.3, 0.4) is 0 Å². The van der Waals surface area contributed by atoms with Crippen LogP contribution >= 0.6 is 0 Å². The summed E-state index contributed by atoms with van der Waals surface area (Å²) in [6, 6.07) is 1.80. The fraction of sp³-hybridized carbons (Fsp3) is 0.364. The van der Waals surface area contributed by atoms with Crippen LogP contribution in [0, 0.1) is 6.92 Å². The van der Waals surface area contributed by atoms with E-state index in [4.69, 9.17) is 0 Å². The lowest BCUT2D eigenvalue weighted by molar-refractivity contribution is 0.0984. The highest BCUT2D eigenvalue weighted by molar-refractivity contribution is 5.96. The molecular formula is C11H14N4O. The zero-order valence-electron chi connectivity index (χ0n) is 9.64. The monoisotopic (exact) mass is 218 g/mol. The van der Waals surface area contributed by atoms with Gasteiger partial charge < -0.3 is 0 Å². The fourth-order valence-electron chi connectivity index (χ4n) is 1.71. The third kappa shape index (κ3) is 2.03. The zero-order chi connectivity index (χ0) is 11.7. The van der Waals surface area contributed by atoms with Crippen molar-refractivity contribution in [1.29, 1.82) is 0 Å². The number of Topliss-reactive ketones (excluding diaryl/α,β-unsaturated/α-hetero) is 1. The van der Waals surface area contributed by atoms with Gasteiger partial charge in [0.05, 0.1) is 11.9 Å². The molecule has 0 aliphatic rings. The molecule has 0 bridgehead atoms. The largest absolute Gasteiger partial charge is 0.292 e. The molecule has 2 aromatic heterocycles. The Labute approximate surface area is 93.7 Å². The Morgan fingerprint density at radius 3 is 2.69 bits per heavy atom. The summed E-state index contributed by atoms with van der Waals surface area (Å²) >= 11 is 0. The SMILES string of the molecule is Cc1cc(C(=O)Cc2cnn(C)c2)n(C)n1. The molecule has 0 unspecified atom stereocenters. The van der Waals surface area contributed by atoms with Crippen molar-refractivity contribution in [2.24, 2.45) is 14.1 Å². The van der Waals surface area contributed by atoms with Crippen LogP contribution in [0.5, 0.6) is 0 Å². The lowest BCUT2D eigenvalue weighted by Crippen LogP contribution is -2.09. The summed E-state index contributed by atoms with van der Waals surface area (Å²) < 4.78 is 3.31. The highest BCUT2D eigenvalue weighted by Crippen LogP contribution is 2.07. The van der Waals surface area contributed by atoms with E-state index in [-0.39, 0.29) is 5.78 Å². The molecule has 0 radical (unpaired) electrons. The third-order valence-corrected chi connectivity index (χ3v) is 2.41. The van der Waals surface area contributed by atoms with E-state index >= 15 is 0 Å². The molecule has 5 heteroatoms. The van der Waals surface area contributed by atoms with Gasteiger partial charge in [-0.05, 0) is 18.6 Å². The van der Waals surface area contributed by atoms with Crippen LogP contribution in [0.15, 0.2) is 18.5 Å². The number of carbonyl (C=O) groups excluding carboxylic acids is 1. The Morgan fingerprint density at radius 2 is 2.19 bits per heavy atom. The summed E-state index contributed by atoms with van der Waals surface area (Å²) in [5, 5.41) is 8.19. The summed E-state index contributed by atoms with van der Waals surface area (Å²) in [6.07, 6.45) is 3.93. The number of hydrogen-bond acceptors (Lipinski definition) is 3. The number of hydrogen-bond donors (Lipinski definition) is 0. The van der Waals surface area contributed by atoms with Crippen LogP contribution in [-0.4, -0.2) is 25.3 Å². The van der Waals surface area contributed by atoms with Crippen molar-refractivity contribution in [3.63, 3.8) is 0 Å². The molecule has 0 saturated heterocycles. The summed E-state index contributed by atoms with van der Waals surface area (Å²) in [7, 11) is 3.62. The molecule has 84 valence electrons. The fourth-order valence-corrected chi connectivity index (χ4v) is 1.71. The highest BCUT2D eigenvalue weighted by atomic mass is 16.1. The van der Waals surface area contributed by atoms with E-state index in [1.165, 1.54) is 0 Å². The summed E-state index contributed by atoms with van der Waals surface area (Å²) in [4.78, 5) is 12.0. The lowest BCUT2D eigenvalue weighted by Gasteiger charge is -1.98. The van der Waals surface area contributed by atoms with E-state index in [2.05, 4.69) is 10.2 Å². The maximum absolute atomic E-state index is 12.0. The average molecular weight is 218 g/mol. The first kappa shape index (κ1) is 10.6. The van der Waals surface area contributed by atoms with Gasteiger partial charge in [-0.15, -0.1) is 0 Å². The van der Waals surface area contributed by atoms with Gasteiger partial charge >= 0.3 is 0 Å². The Kier molecular flexibility index (Phi) is 2.60. The Bertz CT molecular complexity index is 524. The van der Waals surface area contributed by atoms with E-state index in [0.29, 0.717) is 12.1 Å². The van der Waals surface area contributed by atoms with E-state index in [1.807, 2.05) is 20.2 Å². The molecule has 0 amide bonds. The molecule has 0 saturated carbocycles. The zero-order valence-corrected chi connectivity index (χ0v) is 9.64. The van der Waals surface area contributed by atoms with Gasteiger partial charge in [-0.3, -0.25) is 14.2 Å². The Hall–Kier alpha value is -1.91. The molecule has 0 aliphatic carbocycles. The first-order valence-electron chi connectivity index (χ1n) is 5.07. The van der Waals surface area contributed by atoms with E-state index < -0.39 is 0 Å².